The van der Waals surface area contributed by atoms with Crippen LogP contribution in [0.25, 0.3) is 0 Å². The first kappa shape index (κ1) is 9.24. The van der Waals surface area contributed by atoms with Gasteiger partial charge in [-0.15, -0.1) is 0 Å². The van der Waals surface area contributed by atoms with Gasteiger partial charge in [-0.1, -0.05) is 0 Å². The number of hydrogen-bond donors (Lipinski definition) is 2. The van der Waals surface area contributed by atoms with Crippen LogP contribution in [0.4, 0.5) is 5.95 Å². The molecule has 4 heteroatoms. The summed E-state index contributed by atoms with van der Waals surface area (Å²) in [7, 11) is 0. The lowest BCUT2D eigenvalue weighted by atomic mass is 9.97. The highest BCUT2D eigenvalue weighted by molar-refractivity contribution is 5.30. The van der Waals surface area contributed by atoms with E-state index in [1.165, 1.54) is 0 Å². The molecule has 0 bridgehead atoms. The quantitative estimate of drug-likeness (QED) is 0.739. The molecule has 1 heterocycles. The van der Waals surface area contributed by atoms with E-state index in [9.17, 15) is 4.79 Å². The summed E-state index contributed by atoms with van der Waals surface area (Å²) < 4.78 is 0. The summed E-state index contributed by atoms with van der Waals surface area (Å²) in [5.74, 6) is 0.609. The van der Waals surface area contributed by atoms with E-state index < -0.39 is 0 Å². The van der Waals surface area contributed by atoms with E-state index in [4.69, 9.17) is 0 Å². The van der Waals surface area contributed by atoms with Crippen molar-refractivity contribution in [3.05, 3.63) is 21.6 Å². The maximum absolute atomic E-state index is 11.6. The van der Waals surface area contributed by atoms with Crippen LogP contribution >= 0.6 is 0 Å². The molecule has 2 rings (SSSR count). The summed E-state index contributed by atoms with van der Waals surface area (Å²) in [6.07, 6.45) is 4.08. The SMILES string of the molecule is CCNc1nc2c(c(=O)[nH]1)CCCC2. The molecule has 0 fully saturated rings. The molecule has 0 aromatic carbocycles. The molecule has 4 nitrogen and oxygen atoms in total. The van der Waals surface area contributed by atoms with E-state index >= 15 is 0 Å². The first-order valence-electron chi connectivity index (χ1n) is 5.17. The van der Waals surface area contributed by atoms with Crippen molar-refractivity contribution in [1.29, 1.82) is 0 Å². The summed E-state index contributed by atoms with van der Waals surface area (Å²) in [5, 5.41) is 3.03. The number of aromatic amines is 1. The highest BCUT2D eigenvalue weighted by atomic mass is 16.1. The normalized spacial score (nSPS) is 14.9. The predicted octanol–water partition coefficient (Wildman–Crippen LogP) is 1.08. The van der Waals surface area contributed by atoms with Gasteiger partial charge >= 0.3 is 0 Å². The van der Waals surface area contributed by atoms with Gasteiger partial charge in [-0.2, -0.15) is 0 Å². The van der Waals surface area contributed by atoms with Crippen LogP contribution in [0.15, 0.2) is 4.79 Å². The minimum absolute atomic E-state index is 0.0330. The predicted molar refractivity (Wildman–Crippen MR) is 55.7 cm³/mol. The summed E-state index contributed by atoms with van der Waals surface area (Å²) >= 11 is 0. The molecule has 2 N–H and O–H groups in total. The Morgan fingerprint density at radius 2 is 2.21 bits per heavy atom. The van der Waals surface area contributed by atoms with Gasteiger partial charge in [0.05, 0.1) is 5.69 Å². The van der Waals surface area contributed by atoms with Gasteiger partial charge < -0.3 is 5.32 Å². The number of aryl methyl sites for hydroxylation is 1. The monoisotopic (exact) mass is 193 g/mol. The number of nitrogens with zero attached hydrogens (tertiary/aromatic N) is 1. The zero-order chi connectivity index (χ0) is 9.97. The molecule has 1 aliphatic carbocycles. The zero-order valence-corrected chi connectivity index (χ0v) is 8.39. The average molecular weight is 193 g/mol. The zero-order valence-electron chi connectivity index (χ0n) is 8.39. The van der Waals surface area contributed by atoms with Gasteiger partial charge in [0.25, 0.3) is 5.56 Å². The molecule has 0 radical (unpaired) electrons. The molecule has 0 amide bonds. The number of rotatable bonds is 2. The van der Waals surface area contributed by atoms with Crippen LogP contribution < -0.4 is 10.9 Å². The van der Waals surface area contributed by atoms with Crippen molar-refractivity contribution < 1.29 is 0 Å². The molecule has 1 aromatic rings. The molecule has 1 aliphatic rings. The molecule has 14 heavy (non-hydrogen) atoms. The van der Waals surface area contributed by atoms with Crippen LogP contribution in [0.2, 0.25) is 0 Å². The van der Waals surface area contributed by atoms with Crippen molar-refractivity contribution in [2.24, 2.45) is 0 Å². The second kappa shape index (κ2) is 3.82. The second-order valence-electron chi connectivity index (χ2n) is 3.58. The van der Waals surface area contributed by atoms with Gasteiger partial charge in [0.1, 0.15) is 0 Å². The first-order valence-corrected chi connectivity index (χ1v) is 5.17. The standard InChI is InChI=1S/C10H15N3O/c1-2-11-10-12-8-6-4-3-5-7(8)9(14)13-10/h2-6H2,1H3,(H2,11,12,13,14). The Labute approximate surface area is 82.8 Å². The van der Waals surface area contributed by atoms with E-state index in [2.05, 4.69) is 15.3 Å². The largest absolute Gasteiger partial charge is 0.356 e. The van der Waals surface area contributed by atoms with Gasteiger partial charge in [-0.25, -0.2) is 4.98 Å². The first-order chi connectivity index (χ1) is 6.81. The number of fused-ring (bicyclic) bond motifs is 1. The van der Waals surface area contributed by atoms with Crippen LogP contribution in [-0.4, -0.2) is 16.5 Å². The Bertz CT molecular complexity index is 383. The number of hydrogen-bond acceptors (Lipinski definition) is 3. The third-order valence-electron chi connectivity index (χ3n) is 2.54. The number of anilines is 1. The molecule has 0 unspecified atom stereocenters. The minimum Gasteiger partial charge on any atom is -0.356 e. The number of H-pyrrole nitrogens is 1. The Hall–Kier alpha value is -1.32. The van der Waals surface area contributed by atoms with Crippen molar-refractivity contribution in [1.82, 2.24) is 9.97 Å². The summed E-state index contributed by atoms with van der Waals surface area (Å²) in [6, 6.07) is 0. The van der Waals surface area contributed by atoms with Crippen molar-refractivity contribution in [3.8, 4) is 0 Å². The van der Waals surface area contributed by atoms with E-state index in [0.29, 0.717) is 5.95 Å². The third kappa shape index (κ3) is 1.64. The highest BCUT2D eigenvalue weighted by Gasteiger charge is 2.14. The number of aromatic nitrogens is 2. The Morgan fingerprint density at radius 1 is 1.43 bits per heavy atom. The molecule has 0 saturated heterocycles. The lowest BCUT2D eigenvalue weighted by Gasteiger charge is -2.14. The third-order valence-corrected chi connectivity index (χ3v) is 2.54. The van der Waals surface area contributed by atoms with E-state index in [1.807, 2.05) is 6.92 Å². The van der Waals surface area contributed by atoms with Crippen LogP contribution in [0.3, 0.4) is 0 Å². The molecular formula is C10H15N3O. The highest BCUT2D eigenvalue weighted by Crippen LogP contribution is 2.16. The molecule has 1 aromatic heterocycles. The fraction of sp³-hybridized carbons (Fsp3) is 0.600. The van der Waals surface area contributed by atoms with Gasteiger partial charge in [-0.05, 0) is 32.6 Å². The minimum atomic E-state index is 0.0330. The van der Waals surface area contributed by atoms with E-state index in [0.717, 1.165) is 43.5 Å². The molecule has 0 aliphatic heterocycles. The van der Waals surface area contributed by atoms with E-state index in [1.54, 1.807) is 0 Å². The lowest BCUT2D eigenvalue weighted by molar-refractivity contribution is 0.657. The van der Waals surface area contributed by atoms with Crippen LogP contribution in [0, 0.1) is 0 Å². The van der Waals surface area contributed by atoms with Crippen molar-refractivity contribution in [3.63, 3.8) is 0 Å². The smallest absolute Gasteiger partial charge is 0.255 e. The maximum atomic E-state index is 11.6. The fourth-order valence-electron chi connectivity index (χ4n) is 1.85. The van der Waals surface area contributed by atoms with Crippen molar-refractivity contribution in [2.45, 2.75) is 32.6 Å². The van der Waals surface area contributed by atoms with Gasteiger partial charge in [-0.3, -0.25) is 9.78 Å². The molecule has 0 atom stereocenters. The average Bonchev–Trinajstić information content (AvgIpc) is 2.18. The van der Waals surface area contributed by atoms with Crippen LogP contribution in [-0.2, 0) is 12.8 Å². The van der Waals surface area contributed by atoms with Crippen molar-refractivity contribution in [2.75, 3.05) is 11.9 Å². The molecule has 0 saturated carbocycles. The summed E-state index contributed by atoms with van der Waals surface area (Å²) in [4.78, 5) is 18.8. The Morgan fingerprint density at radius 3 is 3.00 bits per heavy atom. The number of nitrogens with one attached hydrogen (secondary N) is 2. The van der Waals surface area contributed by atoms with Gasteiger partial charge in [0.15, 0.2) is 0 Å². The van der Waals surface area contributed by atoms with Gasteiger partial charge in [0.2, 0.25) is 5.95 Å². The molecule has 0 spiro atoms. The van der Waals surface area contributed by atoms with Crippen molar-refractivity contribution >= 4 is 5.95 Å². The van der Waals surface area contributed by atoms with E-state index in [-0.39, 0.29) is 5.56 Å². The van der Waals surface area contributed by atoms with Crippen LogP contribution in [0.5, 0.6) is 0 Å². The summed E-state index contributed by atoms with van der Waals surface area (Å²) in [5.41, 5.74) is 1.90. The lowest BCUT2D eigenvalue weighted by Crippen LogP contribution is -2.22. The van der Waals surface area contributed by atoms with Gasteiger partial charge in [0, 0.05) is 12.1 Å². The van der Waals surface area contributed by atoms with Crippen LogP contribution in [0.1, 0.15) is 31.0 Å². The summed E-state index contributed by atoms with van der Waals surface area (Å²) in [6.45, 7) is 2.77. The maximum Gasteiger partial charge on any atom is 0.255 e. The Kier molecular flexibility index (Phi) is 2.52. The molecular weight excluding hydrogens is 178 g/mol. The molecule has 76 valence electrons. The topological polar surface area (TPSA) is 57.8 Å². The fourth-order valence-corrected chi connectivity index (χ4v) is 1.85. The second-order valence-corrected chi connectivity index (χ2v) is 3.58. The Balaban J connectivity index is 2.41.